The molecule has 0 bridgehead atoms. The number of aliphatic hydroxyl groups is 2. The lowest BCUT2D eigenvalue weighted by molar-refractivity contribution is -0.384. The van der Waals surface area contributed by atoms with Crippen LogP contribution in [-0.2, 0) is 22.6 Å². The Morgan fingerprint density at radius 2 is 1.73 bits per heavy atom. The van der Waals surface area contributed by atoms with E-state index >= 15 is 0 Å². The molecule has 3 aromatic rings. The van der Waals surface area contributed by atoms with Crippen molar-refractivity contribution in [3.63, 3.8) is 0 Å². The summed E-state index contributed by atoms with van der Waals surface area (Å²) < 4.78 is 20.4. The van der Waals surface area contributed by atoms with Crippen LogP contribution in [0.3, 0.4) is 0 Å². The minimum atomic E-state index is -1.08. The number of benzene rings is 2. The predicted molar refractivity (Wildman–Crippen MR) is 219 cm³/mol. The fourth-order valence-electron chi connectivity index (χ4n) is 8.49. The van der Waals surface area contributed by atoms with Crippen LogP contribution in [-0.4, -0.2) is 69.0 Å². The zero-order valence-electron chi connectivity index (χ0n) is 31.9. The summed E-state index contributed by atoms with van der Waals surface area (Å²) >= 11 is 1.80. The van der Waals surface area contributed by atoms with Crippen molar-refractivity contribution < 1.29 is 34.2 Å². The van der Waals surface area contributed by atoms with Gasteiger partial charge in [-0.25, -0.2) is 0 Å². The van der Waals surface area contributed by atoms with Crippen LogP contribution in [0.1, 0.15) is 67.6 Å². The Balaban J connectivity index is 1.47. The highest BCUT2D eigenvalue weighted by molar-refractivity contribution is 8.00. The van der Waals surface area contributed by atoms with E-state index in [1.165, 1.54) is 17.7 Å². The van der Waals surface area contributed by atoms with Crippen LogP contribution in [0.15, 0.2) is 109 Å². The van der Waals surface area contributed by atoms with E-state index in [9.17, 15) is 20.3 Å². The molecule has 12 heteroatoms. The normalized spacial score (nSPS) is 24.3. The molecule has 1 fully saturated rings. The van der Waals surface area contributed by atoms with Gasteiger partial charge in [0.1, 0.15) is 24.7 Å². The van der Waals surface area contributed by atoms with E-state index in [0.29, 0.717) is 25.9 Å². The molecule has 2 N–H and O–H groups in total. The van der Waals surface area contributed by atoms with Gasteiger partial charge in [-0.2, -0.15) is 11.8 Å². The summed E-state index contributed by atoms with van der Waals surface area (Å²) in [6.07, 6.45) is 15.7. The molecule has 6 unspecified atom stereocenters. The number of nitrogens with zero attached hydrogens (tertiary/aromatic N) is 3. The van der Waals surface area contributed by atoms with E-state index in [1.54, 1.807) is 36.0 Å². The quantitative estimate of drug-likeness (QED) is 0.0441. The van der Waals surface area contributed by atoms with E-state index in [0.717, 1.165) is 71.8 Å². The fraction of sp³-hybridized carbons (Fsp3) is 0.455. The number of aromatic nitrogens is 1. The molecule has 0 amide bonds. The smallest absolute Gasteiger partial charge is 0.269 e. The van der Waals surface area contributed by atoms with Crippen molar-refractivity contribution in [3.8, 4) is 11.5 Å². The molecule has 0 saturated heterocycles. The number of nitro benzene ring substituents is 1. The summed E-state index contributed by atoms with van der Waals surface area (Å²) in [5, 5.41) is 35.6. The number of thioether (sulfide) groups is 1. The second kappa shape index (κ2) is 20.1. The number of nitro groups is 1. The molecule has 1 aromatic heterocycles. The first-order valence-corrected chi connectivity index (χ1v) is 20.6. The summed E-state index contributed by atoms with van der Waals surface area (Å²) in [4.78, 5) is 21.1. The number of allylic oxidation sites excluding steroid dienone is 1. The molecule has 11 nitrogen and oxygen atoms in total. The first-order chi connectivity index (χ1) is 27.4. The van der Waals surface area contributed by atoms with Crippen LogP contribution in [0.25, 0.3) is 0 Å². The average molecular weight is 784 g/mol. The SMILES string of the molecule is C=CCOc1ccc2c(c1)C1C(CCCCO)C(CCCCO)C=C3C(=NOCc4ccc([N+](=O)[O-])cc4)CC(SCCc4ccncc4)C(OCC=C)(O2)C31. The number of ether oxygens (including phenoxy) is 3. The Bertz CT molecular complexity index is 1840. The number of hydrogen-bond acceptors (Lipinski definition) is 11. The van der Waals surface area contributed by atoms with Crippen molar-refractivity contribution in [2.75, 3.05) is 32.2 Å². The number of non-ortho nitro benzene ring substituents is 1. The van der Waals surface area contributed by atoms with Crippen molar-refractivity contribution in [1.29, 1.82) is 0 Å². The van der Waals surface area contributed by atoms with Gasteiger partial charge in [0.25, 0.3) is 5.69 Å². The third-order valence-corrected chi connectivity index (χ3v) is 12.3. The topological polar surface area (TPSA) is 146 Å². The minimum absolute atomic E-state index is 0.0182. The van der Waals surface area contributed by atoms with Crippen LogP contribution in [0.4, 0.5) is 5.69 Å². The number of fused-ring (bicyclic) bond motifs is 2. The molecule has 0 radical (unpaired) electrons. The van der Waals surface area contributed by atoms with Gasteiger partial charge in [0.15, 0.2) is 0 Å². The third kappa shape index (κ3) is 9.54. The zero-order chi connectivity index (χ0) is 39.3. The lowest BCUT2D eigenvalue weighted by Crippen LogP contribution is -2.64. The maximum Gasteiger partial charge on any atom is 0.269 e. The molecule has 56 heavy (non-hydrogen) atoms. The van der Waals surface area contributed by atoms with Gasteiger partial charge in [-0.1, -0.05) is 42.8 Å². The fourth-order valence-corrected chi connectivity index (χ4v) is 9.90. The van der Waals surface area contributed by atoms with Crippen LogP contribution in [0.5, 0.6) is 11.5 Å². The summed E-state index contributed by atoms with van der Waals surface area (Å²) in [5.74, 6) is 1.20. The number of aliphatic hydroxyl groups excluding tert-OH is 2. The van der Waals surface area contributed by atoms with Gasteiger partial charge >= 0.3 is 0 Å². The Kier molecular flexibility index (Phi) is 14.8. The molecule has 2 heterocycles. The summed E-state index contributed by atoms with van der Waals surface area (Å²) in [6, 6.07) is 16.4. The molecular formula is C44H53N3O8S. The van der Waals surface area contributed by atoms with Crippen molar-refractivity contribution in [1.82, 2.24) is 4.98 Å². The number of aryl methyl sites for hydroxylation is 1. The molecule has 6 rings (SSSR count). The number of oxime groups is 1. The van der Waals surface area contributed by atoms with Gasteiger partial charge in [-0.3, -0.25) is 15.1 Å². The van der Waals surface area contributed by atoms with Gasteiger partial charge in [0.2, 0.25) is 5.79 Å². The van der Waals surface area contributed by atoms with E-state index in [4.69, 9.17) is 24.2 Å². The molecule has 3 aliphatic rings. The first-order valence-electron chi connectivity index (χ1n) is 19.6. The second-order valence-electron chi connectivity index (χ2n) is 14.5. The number of rotatable bonds is 22. The molecule has 0 spiro atoms. The first kappa shape index (κ1) is 41.2. The van der Waals surface area contributed by atoms with Crippen molar-refractivity contribution in [2.45, 2.75) is 74.9 Å². The standard InChI is InChI=1S/C44H53N3O8S/c1-3-24-52-35-15-16-40-38(28-35)42-36(10-6-8-23-49)33(9-5-7-22-48)27-37-39(46-54-30-32-11-13-34(14-12-32)47(50)51)29-41(44(55-40,43(37)42)53-25-4-2)56-26-19-31-17-20-45-21-18-31/h3-4,11-18,20-21,27-28,33,36,41-43,48-49H,1-2,5-10,19,22-26,29-30H2. The average Bonchev–Trinajstić information content (AvgIpc) is 3.22. The molecule has 2 aromatic carbocycles. The van der Waals surface area contributed by atoms with Gasteiger partial charge < -0.3 is 29.3 Å². The van der Waals surface area contributed by atoms with Crippen molar-refractivity contribution >= 4 is 23.2 Å². The Labute approximate surface area is 333 Å². The number of hydrogen-bond donors (Lipinski definition) is 2. The Morgan fingerprint density at radius 3 is 2.45 bits per heavy atom. The van der Waals surface area contributed by atoms with E-state index in [-0.39, 0.29) is 61.0 Å². The maximum absolute atomic E-state index is 11.3. The predicted octanol–water partition coefficient (Wildman–Crippen LogP) is 8.36. The molecule has 298 valence electrons. The third-order valence-electron chi connectivity index (χ3n) is 11.0. The van der Waals surface area contributed by atoms with Gasteiger partial charge in [-0.15, -0.1) is 6.58 Å². The van der Waals surface area contributed by atoms with Crippen molar-refractivity contribution in [3.05, 3.63) is 131 Å². The molecule has 1 aliphatic heterocycles. The summed E-state index contributed by atoms with van der Waals surface area (Å²) in [5.41, 5.74) is 4.89. The lowest BCUT2D eigenvalue weighted by Gasteiger charge is -2.58. The maximum atomic E-state index is 11.3. The highest BCUT2D eigenvalue weighted by Crippen LogP contribution is 2.62. The van der Waals surface area contributed by atoms with Crippen LogP contribution >= 0.6 is 11.8 Å². The van der Waals surface area contributed by atoms with E-state index in [2.05, 4.69) is 30.3 Å². The summed E-state index contributed by atoms with van der Waals surface area (Å²) in [6.45, 7) is 8.92. The minimum Gasteiger partial charge on any atom is -0.490 e. The number of pyridine rings is 1. The summed E-state index contributed by atoms with van der Waals surface area (Å²) in [7, 11) is 0. The highest BCUT2D eigenvalue weighted by Gasteiger charge is 2.64. The largest absolute Gasteiger partial charge is 0.490 e. The van der Waals surface area contributed by atoms with Crippen molar-refractivity contribution in [2.24, 2.45) is 22.9 Å². The molecular weight excluding hydrogens is 731 g/mol. The molecule has 6 atom stereocenters. The second-order valence-corrected chi connectivity index (χ2v) is 15.8. The number of unbranched alkanes of at least 4 members (excludes halogenated alkanes) is 2. The van der Waals surface area contributed by atoms with Crippen LogP contribution in [0.2, 0.25) is 0 Å². The Hall–Kier alpha value is -4.49. The molecule has 1 saturated carbocycles. The monoisotopic (exact) mass is 783 g/mol. The van der Waals surface area contributed by atoms with Gasteiger partial charge in [0.05, 0.1) is 28.4 Å². The Morgan fingerprint density at radius 1 is 0.982 bits per heavy atom. The van der Waals surface area contributed by atoms with E-state index in [1.807, 2.05) is 36.7 Å². The van der Waals surface area contributed by atoms with Crippen LogP contribution < -0.4 is 9.47 Å². The zero-order valence-corrected chi connectivity index (χ0v) is 32.7. The highest BCUT2D eigenvalue weighted by atomic mass is 32.2. The van der Waals surface area contributed by atoms with Crippen LogP contribution in [0, 0.1) is 27.9 Å². The molecule has 2 aliphatic carbocycles. The van der Waals surface area contributed by atoms with Gasteiger partial charge in [-0.05, 0) is 109 Å². The van der Waals surface area contributed by atoms with E-state index < -0.39 is 10.7 Å². The lowest BCUT2D eigenvalue weighted by atomic mass is 9.56. The van der Waals surface area contributed by atoms with Gasteiger partial charge in [0, 0.05) is 55.6 Å².